The largest absolute Gasteiger partial charge is 0.399 e. The molecule has 0 saturated heterocycles. The van der Waals surface area contributed by atoms with E-state index in [-0.39, 0.29) is 18.4 Å². The minimum absolute atomic E-state index is 0.0234. The first-order valence-corrected chi connectivity index (χ1v) is 6.41. The molecule has 19 heavy (non-hydrogen) atoms. The van der Waals surface area contributed by atoms with Crippen LogP contribution in [0.4, 0.5) is 5.69 Å². The zero-order valence-corrected chi connectivity index (χ0v) is 11.8. The molecule has 0 radical (unpaired) electrons. The third kappa shape index (κ3) is 4.44. The summed E-state index contributed by atoms with van der Waals surface area (Å²) in [6, 6.07) is 4.68. The van der Waals surface area contributed by atoms with E-state index in [4.69, 9.17) is 17.3 Å². The Bertz CT molecular complexity index is 457. The third-order valence-electron chi connectivity index (χ3n) is 2.56. The van der Waals surface area contributed by atoms with Crippen molar-refractivity contribution in [2.75, 3.05) is 25.9 Å². The van der Waals surface area contributed by atoms with Gasteiger partial charge in [0.15, 0.2) is 0 Å². The summed E-state index contributed by atoms with van der Waals surface area (Å²) in [5.74, 6) is -0.462. The Hall–Kier alpha value is -1.75. The number of benzene rings is 1. The SMILES string of the molecule is CCCN(CC(=O)NC)C(=O)c1cc(N)cc(Cl)c1. The monoisotopic (exact) mass is 283 g/mol. The van der Waals surface area contributed by atoms with Gasteiger partial charge >= 0.3 is 0 Å². The van der Waals surface area contributed by atoms with Gasteiger partial charge in [0.1, 0.15) is 0 Å². The molecule has 0 aliphatic rings. The number of hydrogen-bond donors (Lipinski definition) is 2. The number of halogens is 1. The summed E-state index contributed by atoms with van der Waals surface area (Å²) < 4.78 is 0. The smallest absolute Gasteiger partial charge is 0.254 e. The highest BCUT2D eigenvalue weighted by molar-refractivity contribution is 6.31. The number of nitrogens with zero attached hydrogens (tertiary/aromatic N) is 1. The molecule has 3 N–H and O–H groups in total. The fraction of sp³-hybridized carbons (Fsp3) is 0.385. The molecule has 0 unspecified atom stereocenters. The highest BCUT2D eigenvalue weighted by atomic mass is 35.5. The zero-order chi connectivity index (χ0) is 14.4. The van der Waals surface area contributed by atoms with Crippen molar-refractivity contribution in [2.45, 2.75) is 13.3 Å². The second-order valence-electron chi connectivity index (χ2n) is 4.17. The number of carbonyl (C=O) groups excluding carboxylic acids is 2. The van der Waals surface area contributed by atoms with Gasteiger partial charge in [-0.05, 0) is 24.6 Å². The number of anilines is 1. The van der Waals surface area contributed by atoms with Gasteiger partial charge in [-0.1, -0.05) is 18.5 Å². The highest BCUT2D eigenvalue weighted by Crippen LogP contribution is 2.18. The lowest BCUT2D eigenvalue weighted by atomic mass is 10.1. The van der Waals surface area contributed by atoms with E-state index >= 15 is 0 Å². The fourth-order valence-electron chi connectivity index (χ4n) is 1.69. The van der Waals surface area contributed by atoms with Gasteiger partial charge in [-0.25, -0.2) is 0 Å². The molecule has 104 valence electrons. The summed E-state index contributed by atoms with van der Waals surface area (Å²) in [6.07, 6.45) is 0.763. The summed E-state index contributed by atoms with van der Waals surface area (Å²) in [4.78, 5) is 25.2. The van der Waals surface area contributed by atoms with Crippen LogP contribution in [0.3, 0.4) is 0 Å². The van der Waals surface area contributed by atoms with Crippen molar-refractivity contribution in [1.29, 1.82) is 0 Å². The summed E-state index contributed by atoms with van der Waals surface area (Å²) in [5, 5.41) is 2.90. The molecule has 0 fully saturated rings. The van der Waals surface area contributed by atoms with Gasteiger partial charge in [0.2, 0.25) is 5.91 Å². The summed E-state index contributed by atoms with van der Waals surface area (Å²) in [5.41, 5.74) is 6.48. The second-order valence-corrected chi connectivity index (χ2v) is 4.61. The van der Waals surface area contributed by atoms with E-state index in [0.717, 1.165) is 6.42 Å². The molecule has 0 atom stereocenters. The molecule has 0 bridgehead atoms. The first-order chi connectivity index (χ1) is 8.97. The summed E-state index contributed by atoms with van der Waals surface area (Å²) in [7, 11) is 1.54. The molecule has 6 heteroatoms. The standard InChI is InChI=1S/C13H18ClN3O2/c1-3-4-17(8-12(18)16-2)13(19)9-5-10(14)7-11(15)6-9/h5-7H,3-4,8,15H2,1-2H3,(H,16,18). The van der Waals surface area contributed by atoms with Gasteiger partial charge in [0.05, 0.1) is 6.54 Å². The molecule has 1 aromatic rings. The van der Waals surface area contributed by atoms with Crippen LogP contribution in [0, 0.1) is 0 Å². The van der Waals surface area contributed by atoms with Crippen molar-refractivity contribution >= 4 is 29.1 Å². The lowest BCUT2D eigenvalue weighted by molar-refractivity contribution is -0.121. The van der Waals surface area contributed by atoms with Crippen LogP contribution in [0.1, 0.15) is 23.7 Å². The minimum atomic E-state index is -0.250. The predicted octanol–water partition coefficient (Wildman–Crippen LogP) is 1.52. The van der Waals surface area contributed by atoms with Crippen molar-refractivity contribution in [1.82, 2.24) is 10.2 Å². The van der Waals surface area contributed by atoms with Crippen LogP contribution >= 0.6 is 11.6 Å². The molecule has 0 aliphatic heterocycles. The molecule has 1 aromatic carbocycles. The van der Waals surface area contributed by atoms with Gasteiger partial charge < -0.3 is 16.0 Å². The van der Waals surface area contributed by atoms with Crippen LogP contribution in [0.2, 0.25) is 5.02 Å². The van der Waals surface area contributed by atoms with Gasteiger partial charge in [0.25, 0.3) is 5.91 Å². The van der Waals surface area contributed by atoms with Gasteiger partial charge in [-0.15, -0.1) is 0 Å². The van der Waals surface area contributed by atoms with E-state index in [9.17, 15) is 9.59 Å². The number of hydrogen-bond acceptors (Lipinski definition) is 3. The molecule has 0 aromatic heterocycles. The Morgan fingerprint density at radius 3 is 2.58 bits per heavy atom. The molecular formula is C13H18ClN3O2. The lowest BCUT2D eigenvalue weighted by Gasteiger charge is -2.21. The van der Waals surface area contributed by atoms with E-state index in [2.05, 4.69) is 5.32 Å². The lowest BCUT2D eigenvalue weighted by Crippen LogP contribution is -2.40. The van der Waals surface area contributed by atoms with Crippen LogP contribution in [0.25, 0.3) is 0 Å². The number of nitrogens with two attached hydrogens (primary N) is 1. The summed E-state index contributed by atoms with van der Waals surface area (Å²) in [6.45, 7) is 2.46. The molecule has 0 heterocycles. The van der Waals surface area contributed by atoms with Crippen molar-refractivity contribution in [2.24, 2.45) is 0 Å². The number of likely N-dealkylation sites (N-methyl/N-ethyl adjacent to an activating group) is 1. The van der Waals surface area contributed by atoms with E-state index in [1.807, 2.05) is 6.92 Å². The number of amides is 2. The molecule has 0 saturated carbocycles. The van der Waals surface area contributed by atoms with Crippen LogP contribution in [-0.2, 0) is 4.79 Å². The maximum Gasteiger partial charge on any atom is 0.254 e. The molecule has 0 aliphatic carbocycles. The number of carbonyl (C=O) groups is 2. The maximum absolute atomic E-state index is 12.3. The van der Waals surface area contributed by atoms with Crippen molar-refractivity contribution < 1.29 is 9.59 Å². The fourth-order valence-corrected chi connectivity index (χ4v) is 1.94. The van der Waals surface area contributed by atoms with E-state index in [1.54, 1.807) is 18.2 Å². The van der Waals surface area contributed by atoms with Gasteiger partial charge in [0, 0.05) is 29.9 Å². The molecule has 2 amide bonds. The van der Waals surface area contributed by atoms with Crippen LogP contribution in [0.5, 0.6) is 0 Å². The minimum Gasteiger partial charge on any atom is -0.399 e. The molecule has 5 nitrogen and oxygen atoms in total. The maximum atomic E-state index is 12.3. The highest BCUT2D eigenvalue weighted by Gasteiger charge is 2.18. The van der Waals surface area contributed by atoms with Gasteiger partial charge in [-0.3, -0.25) is 9.59 Å². The Kier molecular flexibility index (Phi) is 5.63. The van der Waals surface area contributed by atoms with Gasteiger partial charge in [-0.2, -0.15) is 0 Å². The first-order valence-electron chi connectivity index (χ1n) is 6.03. The Morgan fingerprint density at radius 2 is 2.05 bits per heavy atom. The average molecular weight is 284 g/mol. The number of rotatable bonds is 5. The quantitative estimate of drug-likeness (QED) is 0.805. The topological polar surface area (TPSA) is 75.4 Å². The first kappa shape index (κ1) is 15.3. The Morgan fingerprint density at radius 1 is 1.37 bits per heavy atom. The van der Waals surface area contributed by atoms with E-state index in [0.29, 0.717) is 22.8 Å². The Balaban J connectivity index is 2.94. The van der Waals surface area contributed by atoms with Crippen molar-refractivity contribution in [3.63, 3.8) is 0 Å². The van der Waals surface area contributed by atoms with Crippen molar-refractivity contribution in [3.8, 4) is 0 Å². The average Bonchev–Trinajstić information content (AvgIpc) is 2.36. The third-order valence-corrected chi connectivity index (χ3v) is 2.78. The number of nitrogens with one attached hydrogen (secondary N) is 1. The van der Waals surface area contributed by atoms with Crippen LogP contribution in [-0.4, -0.2) is 36.9 Å². The second kappa shape index (κ2) is 6.99. The zero-order valence-electron chi connectivity index (χ0n) is 11.1. The molecular weight excluding hydrogens is 266 g/mol. The predicted molar refractivity (Wildman–Crippen MR) is 76.1 cm³/mol. The van der Waals surface area contributed by atoms with Crippen LogP contribution in [0.15, 0.2) is 18.2 Å². The molecule has 0 spiro atoms. The Labute approximate surface area is 117 Å². The van der Waals surface area contributed by atoms with E-state index in [1.165, 1.54) is 11.9 Å². The number of nitrogen functional groups attached to an aromatic ring is 1. The van der Waals surface area contributed by atoms with E-state index < -0.39 is 0 Å². The van der Waals surface area contributed by atoms with Crippen LogP contribution < -0.4 is 11.1 Å². The van der Waals surface area contributed by atoms with Crippen molar-refractivity contribution in [3.05, 3.63) is 28.8 Å². The normalized spacial score (nSPS) is 10.1. The molecule has 1 rings (SSSR count). The summed E-state index contributed by atoms with van der Waals surface area (Å²) >= 11 is 5.88.